The zero-order valence-electron chi connectivity index (χ0n) is 5.16. The maximum Gasteiger partial charge on any atom is 0.221 e. The van der Waals surface area contributed by atoms with E-state index in [2.05, 4.69) is 0 Å². The fourth-order valence-corrected chi connectivity index (χ4v) is 1.65. The summed E-state index contributed by atoms with van der Waals surface area (Å²) in [5.74, 6) is 0.608. The summed E-state index contributed by atoms with van der Waals surface area (Å²) in [5.41, 5.74) is -0.711. The largest absolute Gasteiger partial charge is 0.396 e. The lowest BCUT2D eigenvalue weighted by Gasteiger charge is -2.48. The van der Waals surface area contributed by atoms with Crippen LogP contribution in [0, 0.1) is 5.41 Å². The van der Waals surface area contributed by atoms with Gasteiger partial charge in [0.15, 0.2) is 0 Å². The normalized spacial score (nSPS) is 40.0. The Morgan fingerprint density at radius 1 is 1.56 bits per heavy atom. The molecule has 1 aliphatic heterocycles. The first-order valence-corrected chi connectivity index (χ1v) is 3.70. The Kier molecular flexibility index (Phi) is 1.51. The summed E-state index contributed by atoms with van der Waals surface area (Å²) < 4.78 is 0. The molecule has 0 spiro atoms. The zero-order valence-corrected chi connectivity index (χ0v) is 5.98. The fourth-order valence-electron chi connectivity index (χ4n) is 0.596. The van der Waals surface area contributed by atoms with Gasteiger partial charge in [-0.3, -0.25) is 0 Å². The smallest absolute Gasteiger partial charge is 0.221 e. The molecule has 1 rings (SSSR count). The summed E-state index contributed by atoms with van der Waals surface area (Å²) in [4.78, 5) is 0. The van der Waals surface area contributed by atoms with E-state index in [9.17, 15) is 0 Å². The SMILES string of the molecule is CC1(CO)CSC1(O)O. The van der Waals surface area contributed by atoms with E-state index in [4.69, 9.17) is 15.3 Å². The van der Waals surface area contributed by atoms with Crippen molar-refractivity contribution in [2.45, 2.75) is 12.0 Å². The van der Waals surface area contributed by atoms with Crippen molar-refractivity contribution in [2.75, 3.05) is 12.4 Å². The summed E-state index contributed by atoms with van der Waals surface area (Å²) in [7, 11) is 0. The average Bonchev–Trinajstić information content (AvgIpc) is 1.84. The minimum absolute atomic E-state index is 0.174. The molecule has 0 amide bonds. The summed E-state index contributed by atoms with van der Waals surface area (Å²) in [6.07, 6.45) is 0. The molecule has 3 nitrogen and oxygen atoms in total. The third-order valence-corrected chi connectivity index (χ3v) is 3.40. The monoisotopic (exact) mass is 150 g/mol. The number of aliphatic hydroxyl groups is 3. The summed E-state index contributed by atoms with van der Waals surface area (Å²) in [6, 6.07) is 0. The maximum absolute atomic E-state index is 8.99. The van der Waals surface area contributed by atoms with E-state index in [1.807, 2.05) is 0 Å². The van der Waals surface area contributed by atoms with Crippen LogP contribution in [0.1, 0.15) is 6.92 Å². The number of aliphatic hydroxyl groups excluding tert-OH is 1. The molecule has 9 heavy (non-hydrogen) atoms. The lowest BCUT2D eigenvalue weighted by molar-refractivity contribution is -0.183. The van der Waals surface area contributed by atoms with E-state index in [1.165, 1.54) is 0 Å². The van der Waals surface area contributed by atoms with Gasteiger partial charge in [0.05, 0.1) is 12.0 Å². The molecular formula is C5H10O3S. The topological polar surface area (TPSA) is 60.7 Å². The molecule has 1 heterocycles. The highest BCUT2D eigenvalue weighted by Gasteiger charge is 2.55. The van der Waals surface area contributed by atoms with Crippen molar-refractivity contribution in [1.82, 2.24) is 0 Å². The second-order valence-electron chi connectivity index (χ2n) is 2.62. The molecule has 1 fully saturated rings. The van der Waals surface area contributed by atoms with Crippen molar-refractivity contribution in [3.05, 3.63) is 0 Å². The van der Waals surface area contributed by atoms with Crippen molar-refractivity contribution in [1.29, 1.82) is 0 Å². The molecule has 1 unspecified atom stereocenters. The van der Waals surface area contributed by atoms with Gasteiger partial charge in [0.1, 0.15) is 0 Å². The summed E-state index contributed by atoms with van der Waals surface area (Å²) >= 11 is 1.05. The van der Waals surface area contributed by atoms with Gasteiger partial charge in [0, 0.05) is 5.75 Å². The van der Waals surface area contributed by atoms with Crippen LogP contribution in [0.3, 0.4) is 0 Å². The van der Waals surface area contributed by atoms with E-state index in [0.717, 1.165) is 11.8 Å². The Balaban J connectivity index is 2.62. The molecule has 0 aliphatic carbocycles. The van der Waals surface area contributed by atoms with Crippen LogP contribution in [-0.2, 0) is 0 Å². The van der Waals surface area contributed by atoms with E-state index < -0.39 is 10.5 Å². The molecule has 1 saturated heterocycles. The van der Waals surface area contributed by atoms with Crippen LogP contribution in [0.2, 0.25) is 0 Å². The second kappa shape index (κ2) is 1.85. The van der Waals surface area contributed by atoms with Gasteiger partial charge in [-0.25, -0.2) is 0 Å². The van der Waals surface area contributed by atoms with Gasteiger partial charge >= 0.3 is 0 Å². The Morgan fingerprint density at radius 2 is 2.11 bits per heavy atom. The summed E-state index contributed by atoms with van der Waals surface area (Å²) in [6.45, 7) is 1.47. The quantitative estimate of drug-likeness (QED) is 0.436. The van der Waals surface area contributed by atoms with Crippen molar-refractivity contribution < 1.29 is 15.3 Å². The van der Waals surface area contributed by atoms with Crippen LogP contribution in [0.5, 0.6) is 0 Å². The molecule has 4 heteroatoms. The van der Waals surface area contributed by atoms with Gasteiger partial charge < -0.3 is 15.3 Å². The van der Waals surface area contributed by atoms with Crippen LogP contribution in [0.25, 0.3) is 0 Å². The van der Waals surface area contributed by atoms with Gasteiger partial charge in [0.25, 0.3) is 0 Å². The summed E-state index contributed by atoms with van der Waals surface area (Å²) in [5, 5.41) is 24.9. The number of hydrogen-bond acceptors (Lipinski definition) is 4. The Labute approximate surface area is 57.7 Å². The van der Waals surface area contributed by atoms with E-state index in [-0.39, 0.29) is 6.61 Å². The van der Waals surface area contributed by atoms with Crippen molar-refractivity contribution in [3.8, 4) is 0 Å². The van der Waals surface area contributed by atoms with Crippen LogP contribution < -0.4 is 0 Å². The molecule has 0 saturated carbocycles. The van der Waals surface area contributed by atoms with Crippen LogP contribution in [0.15, 0.2) is 0 Å². The molecule has 1 atom stereocenters. The number of hydrogen-bond donors (Lipinski definition) is 3. The molecule has 0 bridgehead atoms. The Hall–Kier alpha value is 0.230. The molecule has 0 aromatic carbocycles. The maximum atomic E-state index is 8.99. The molecule has 0 aromatic heterocycles. The van der Waals surface area contributed by atoms with E-state index in [1.54, 1.807) is 6.92 Å². The average molecular weight is 150 g/mol. The number of rotatable bonds is 1. The first-order chi connectivity index (χ1) is 4.02. The zero-order chi connectivity index (χ0) is 7.12. The van der Waals surface area contributed by atoms with E-state index in [0.29, 0.717) is 5.75 Å². The van der Waals surface area contributed by atoms with Gasteiger partial charge in [-0.2, -0.15) is 0 Å². The highest BCUT2D eigenvalue weighted by atomic mass is 32.2. The predicted molar refractivity (Wildman–Crippen MR) is 34.8 cm³/mol. The van der Waals surface area contributed by atoms with E-state index >= 15 is 0 Å². The lowest BCUT2D eigenvalue weighted by Crippen LogP contribution is -2.56. The highest BCUT2D eigenvalue weighted by molar-refractivity contribution is 8.01. The Bertz CT molecular complexity index is 121. The predicted octanol–water partition coefficient (Wildman–Crippen LogP) is -0.630. The third-order valence-electron chi connectivity index (χ3n) is 1.73. The van der Waals surface area contributed by atoms with Crippen LogP contribution in [-0.4, -0.2) is 32.8 Å². The van der Waals surface area contributed by atoms with Crippen molar-refractivity contribution in [2.24, 2.45) is 5.41 Å². The van der Waals surface area contributed by atoms with Crippen LogP contribution in [0.4, 0.5) is 0 Å². The molecule has 0 aromatic rings. The van der Waals surface area contributed by atoms with Crippen LogP contribution >= 0.6 is 11.8 Å². The minimum Gasteiger partial charge on any atom is -0.396 e. The minimum atomic E-state index is -1.71. The Morgan fingerprint density at radius 3 is 2.11 bits per heavy atom. The molecule has 0 radical (unpaired) electrons. The highest BCUT2D eigenvalue weighted by Crippen LogP contribution is 2.50. The van der Waals surface area contributed by atoms with Crippen molar-refractivity contribution in [3.63, 3.8) is 0 Å². The van der Waals surface area contributed by atoms with Gasteiger partial charge in [-0.1, -0.05) is 18.7 Å². The van der Waals surface area contributed by atoms with Gasteiger partial charge in [-0.05, 0) is 0 Å². The third kappa shape index (κ3) is 0.864. The molecule has 54 valence electrons. The van der Waals surface area contributed by atoms with Crippen molar-refractivity contribution >= 4 is 11.8 Å². The van der Waals surface area contributed by atoms with Gasteiger partial charge in [0.2, 0.25) is 5.12 Å². The first kappa shape index (κ1) is 7.34. The first-order valence-electron chi connectivity index (χ1n) is 2.71. The van der Waals surface area contributed by atoms with Gasteiger partial charge in [-0.15, -0.1) is 0 Å². The lowest BCUT2D eigenvalue weighted by atomic mass is 9.92. The molecular weight excluding hydrogens is 140 g/mol. The fraction of sp³-hybridized carbons (Fsp3) is 1.00. The standard InChI is InChI=1S/C5H10O3S/c1-4(2-6)3-9-5(4,7)8/h6-8H,2-3H2,1H3. The second-order valence-corrected chi connectivity index (χ2v) is 3.76. The molecule has 3 N–H and O–H groups in total. The molecule has 1 aliphatic rings. The number of thioether (sulfide) groups is 1.